The molecule has 2 N–H and O–H groups in total. The van der Waals surface area contributed by atoms with Crippen molar-refractivity contribution in [1.82, 2.24) is 15.4 Å². The van der Waals surface area contributed by atoms with Gasteiger partial charge in [0.05, 0.1) is 22.8 Å². The first-order valence-corrected chi connectivity index (χ1v) is 18.7. The number of aryl methyl sites for hydroxylation is 1. The molecular formula is C42H40Cl2N4O4. The van der Waals surface area contributed by atoms with Crippen molar-refractivity contribution in [1.29, 1.82) is 0 Å². The second kappa shape index (κ2) is 14.8. The molecule has 8 rings (SSSR count). The van der Waals surface area contributed by atoms with Gasteiger partial charge >= 0.3 is 6.03 Å². The van der Waals surface area contributed by atoms with E-state index in [0.717, 1.165) is 72.1 Å². The number of nitrogens with one attached hydrogen (secondary N) is 2. The van der Waals surface area contributed by atoms with Gasteiger partial charge in [0.2, 0.25) is 0 Å². The van der Waals surface area contributed by atoms with Gasteiger partial charge in [0.15, 0.2) is 0 Å². The summed E-state index contributed by atoms with van der Waals surface area (Å²) in [6.45, 7) is 2.67. The summed E-state index contributed by atoms with van der Waals surface area (Å²) in [4.78, 5) is 28.8. The number of nitrogens with zero attached hydrogens (tertiary/aromatic N) is 2. The molecule has 0 radical (unpaired) electrons. The summed E-state index contributed by atoms with van der Waals surface area (Å²) in [6.07, 6.45) is 5.51. The highest BCUT2D eigenvalue weighted by Gasteiger charge is 2.44. The Kier molecular flexibility index (Phi) is 9.79. The van der Waals surface area contributed by atoms with Crippen LogP contribution in [0.3, 0.4) is 0 Å². The zero-order valence-corrected chi connectivity index (χ0v) is 30.4. The van der Waals surface area contributed by atoms with Crippen LogP contribution in [0.1, 0.15) is 77.3 Å². The quantitative estimate of drug-likeness (QED) is 0.149. The summed E-state index contributed by atoms with van der Waals surface area (Å²) in [5, 5.41) is 11.6. The summed E-state index contributed by atoms with van der Waals surface area (Å²) < 4.78 is 12.4. The van der Waals surface area contributed by atoms with Crippen LogP contribution in [0.2, 0.25) is 10.0 Å². The van der Waals surface area contributed by atoms with E-state index in [1.54, 1.807) is 18.2 Å². The molecule has 1 aliphatic carbocycles. The number of urea groups is 1. The van der Waals surface area contributed by atoms with Gasteiger partial charge in [0, 0.05) is 46.9 Å². The molecule has 5 aromatic rings. The molecule has 10 heteroatoms. The molecule has 3 heterocycles. The first kappa shape index (κ1) is 34.5. The molecule has 3 fully saturated rings. The molecule has 0 spiro atoms. The van der Waals surface area contributed by atoms with E-state index in [0.29, 0.717) is 51.6 Å². The molecular weight excluding hydrogens is 695 g/mol. The van der Waals surface area contributed by atoms with Gasteiger partial charge in [-0.1, -0.05) is 83.0 Å². The van der Waals surface area contributed by atoms with Crippen LogP contribution in [-0.4, -0.2) is 40.2 Å². The normalized spacial score (nSPS) is 19.4. The fourth-order valence-electron chi connectivity index (χ4n) is 7.74. The lowest BCUT2D eigenvalue weighted by Gasteiger charge is -2.38. The number of piperidine rings is 1. The molecule has 4 aromatic carbocycles. The summed E-state index contributed by atoms with van der Waals surface area (Å²) in [6, 6.07) is 29.2. The molecule has 8 nitrogen and oxygen atoms in total. The molecule has 2 unspecified atom stereocenters. The van der Waals surface area contributed by atoms with E-state index < -0.39 is 0 Å². The van der Waals surface area contributed by atoms with Crippen molar-refractivity contribution in [2.75, 3.05) is 5.32 Å². The van der Waals surface area contributed by atoms with Gasteiger partial charge in [-0.05, 0) is 104 Å². The third kappa shape index (κ3) is 7.20. The Morgan fingerprint density at radius 2 is 1.58 bits per heavy atom. The van der Waals surface area contributed by atoms with E-state index in [-0.39, 0.29) is 30.1 Å². The summed E-state index contributed by atoms with van der Waals surface area (Å²) in [5.74, 6) is 1.04. The van der Waals surface area contributed by atoms with Crippen molar-refractivity contribution >= 4 is 40.8 Å². The molecule has 3 aliphatic rings. The summed E-state index contributed by atoms with van der Waals surface area (Å²) in [5.41, 5.74) is 7.55. The van der Waals surface area contributed by atoms with Crippen molar-refractivity contribution < 1.29 is 18.8 Å². The van der Waals surface area contributed by atoms with Gasteiger partial charge in [-0.15, -0.1) is 0 Å². The SMILES string of the molecule is Cc1cc(C(=O)NCc2cccc(-c3ccccc3)c2)ccc1NC(=O)N1C2CCC1CC(OCc1c(-c3c(Cl)cccc3Cl)noc1C1CC1)C2. The van der Waals surface area contributed by atoms with Crippen LogP contribution < -0.4 is 10.6 Å². The number of hydrogen-bond acceptors (Lipinski definition) is 5. The fraction of sp³-hybridized carbons (Fsp3) is 0.310. The van der Waals surface area contributed by atoms with E-state index >= 15 is 0 Å². The van der Waals surface area contributed by atoms with E-state index in [1.165, 1.54) is 0 Å². The molecule has 1 aromatic heterocycles. The molecule has 2 aliphatic heterocycles. The molecule has 2 bridgehead atoms. The average Bonchev–Trinajstić information content (AvgIpc) is 3.86. The van der Waals surface area contributed by atoms with E-state index in [2.05, 4.69) is 40.1 Å². The third-order valence-electron chi connectivity index (χ3n) is 10.6. The van der Waals surface area contributed by atoms with Crippen LogP contribution in [0, 0.1) is 6.92 Å². The number of halogens is 2. The monoisotopic (exact) mass is 734 g/mol. The molecule has 266 valence electrons. The number of anilines is 1. The maximum atomic E-state index is 13.7. The Bertz CT molecular complexity index is 2080. The Balaban J connectivity index is 0.874. The number of amides is 3. The Hall–Kier alpha value is -4.63. The highest BCUT2D eigenvalue weighted by Crippen LogP contribution is 2.46. The predicted octanol–water partition coefficient (Wildman–Crippen LogP) is 10.2. The molecule has 52 heavy (non-hydrogen) atoms. The minimum Gasteiger partial charge on any atom is -0.373 e. The summed E-state index contributed by atoms with van der Waals surface area (Å²) >= 11 is 13.1. The lowest BCUT2D eigenvalue weighted by atomic mass is 9.99. The van der Waals surface area contributed by atoms with Crippen LogP contribution in [0.15, 0.2) is 95.5 Å². The number of hydrogen-bond donors (Lipinski definition) is 2. The van der Waals surface area contributed by atoms with E-state index in [9.17, 15) is 9.59 Å². The fourth-order valence-corrected chi connectivity index (χ4v) is 8.32. The van der Waals surface area contributed by atoms with Crippen molar-refractivity contribution in [2.24, 2.45) is 0 Å². The van der Waals surface area contributed by atoms with Crippen LogP contribution in [0.5, 0.6) is 0 Å². The maximum absolute atomic E-state index is 13.7. The van der Waals surface area contributed by atoms with Crippen LogP contribution in [0.25, 0.3) is 22.4 Å². The minimum absolute atomic E-state index is 0.00147. The van der Waals surface area contributed by atoms with Gasteiger partial charge in [-0.25, -0.2) is 4.79 Å². The first-order valence-electron chi connectivity index (χ1n) is 18.0. The third-order valence-corrected chi connectivity index (χ3v) is 11.2. The Morgan fingerprint density at radius 1 is 0.865 bits per heavy atom. The predicted molar refractivity (Wildman–Crippen MR) is 204 cm³/mol. The Labute approximate surface area is 313 Å². The van der Waals surface area contributed by atoms with Crippen molar-refractivity contribution in [3.05, 3.63) is 129 Å². The average molecular weight is 736 g/mol. The van der Waals surface area contributed by atoms with E-state index in [4.69, 9.17) is 32.5 Å². The smallest absolute Gasteiger partial charge is 0.322 e. The lowest BCUT2D eigenvalue weighted by molar-refractivity contribution is -0.0158. The zero-order valence-electron chi connectivity index (χ0n) is 28.9. The number of fused-ring (bicyclic) bond motifs is 2. The highest BCUT2D eigenvalue weighted by molar-refractivity contribution is 6.39. The molecule has 2 atom stereocenters. The molecule has 3 amide bonds. The number of carbonyl (C=O) groups excluding carboxylic acids is 2. The highest BCUT2D eigenvalue weighted by atomic mass is 35.5. The number of carbonyl (C=O) groups is 2. The minimum atomic E-state index is -0.163. The van der Waals surface area contributed by atoms with Crippen molar-refractivity contribution in [3.63, 3.8) is 0 Å². The number of aromatic nitrogens is 1. The van der Waals surface area contributed by atoms with Gasteiger partial charge in [0.1, 0.15) is 11.5 Å². The second-order valence-corrected chi connectivity index (χ2v) is 15.0. The number of ether oxygens (including phenoxy) is 1. The van der Waals surface area contributed by atoms with E-state index in [1.807, 2.05) is 60.4 Å². The Morgan fingerprint density at radius 3 is 2.29 bits per heavy atom. The van der Waals surface area contributed by atoms with Crippen LogP contribution in [-0.2, 0) is 17.9 Å². The van der Waals surface area contributed by atoms with Gasteiger partial charge < -0.3 is 24.8 Å². The van der Waals surface area contributed by atoms with Gasteiger partial charge in [-0.2, -0.15) is 0 Å². The first-order chi connectivity index (χ1) is 25.3. The lowest BCUT2D eigenvalue weighted by Crippen LogP contribution is -2.50. The second-order valence-electron chi connectivity index (χ2n) is 14.2. The zero-order chi connectivity index (χ0) is 35.8. The largest absolute Gasteiger partial charge is 0.373 e. The molecule has 2 saturated heterocycles. The van der Waals surface area contributed by atoms with Gasteiger partial charge in [0.25, 0.3) is 5.91 Å². The van der Waals surface area contributed by atoms with Crippen LogP contribution >= 0.6 is 23.2 Å². The van der Waals surface area contributed by atoms with Crippen molar-refractivity contribution in [3.8, 4) is 22.4 Å². The number of benzene rings is 4. The summed E-state index contributed by atoms with van der Waals surface area (Å²) in [7, 11) is 0. The van der Waals surface area contributed by atoms with Gasteiger partial charge in [-0.3, -0.25) is 4.79 Å². The molecule has 1 saturated carbocycles. The van der Waals surface area contributed by atoms with Crippen molar-refractivity contribution in [2.45, 2.75) is 82.7 Å². The topological polar surface area (TPSA) is 96.7 Å². The maximum Gasteiger partial charge on any atom is 0.322 e. The number of rotatable bonds is 10. The standard InChI is InChI=1S/C42H40Cl2N4O4/c1-25-19-30(41(49)45-23-26-7-5-10-29(20-26)27-8-3-2-4-9-27)15-18-37(25)46-42(50)48-31-16-17-32(48)22-33(21-31)51-24-34-39(47-52-40(34)28-13-14-28)38-35(43)11-6-12-36(38)44/h2-12,15,18-20,28,31-33H,13-14,16-17,21-24H2,1H3,(H,45,49)(H,46,50). The van der Waals surface area contributed by atoms with Crippen LogP contribution in [0.4, 0.5) is 10.5 Å².